The van der Waals surface area contributed by atoms with E-state index in [1.165, 1.54) is 0 Å². The first-order valence-electron chi connectivity index (χ1n) is 6.26. The van der Waals surface area contributed by atoms with Crippen LogP contribution in [0.3, 0.4) is 0 Å². The molecule has 94 valence electrons. The summed E-state index contributed by atoms with van der Waals surface area (Å²) < 4.78 is 26.0. The second kappa shape index (κ2) is 5.02. The third kappa shape index (κ3) is 2.96. The van der Waals surface area contributed by atoms with Crippen LogP contribution in [0.15, 0.2) is 0 Å². The minimum atomic E-state index is -3.00. The van der Waals surface area contributed by atoms with E-state index in [1.807, 2.05) is 0 Å². The summed E-state index contributed by atoms with van der Waals surface area (Å²) in [6.45, 7) is 5.48. The van der Waals surface area contributed by atoms with Crippen molar-refractivity contribution in [1.82, 2.24) is 9.62 Å². The number of rotatable bonds is 3. The maximum absolute atomic E-state index is 12.1. The molecule has 2 aliphatic heterocycles. The molecule has 0 spiro atoms. The second-order valence-electron chi connectivity index (χ2n) is 5.24. The third-order valence-corrected chi connectivity index (χ3v) is 5.64. The van der Waals surface area contributed by atoms with Gasteiger partial charge in [-0.2, -0.15) is 0 Å². The molecule has 2 unspecified atom stereocenters. The van der Waals surface area contributed by atoms with E-state index in [0.29, 0.717) is 17.6 Å². The first-order valence-corrected chi connectivity index (χ1v) is 7.87. The van der Waals surface area contributed by atoms with Crippen LogP contribution in [0.5, 0.6) is 0 Å². The molecule has 4 nitrogen and oxygen atoms in total. The minimum absolute atomic E-state index is 0.314. The molecule has 0 saturated carbocycles. The lowest BCUT2D eigenvalue weighted by Crippen LogP contribution is -2.39. The van der Waals surface area contributed by atoms with Gasteiger partial charge in [-0.1, -0.05) is 6.92 Å². The first kappa shape index (κ1) is 12.3. The van der Waals surface area contributed by atoms with Gasteiger partial charge in [0, 0.05) is 13.1 Å². The molecule has 0 aromatic heterocycles. The van der Waals surface area contributed by atoms with E-state index in [2.05, 4.69) is 12.2 Å². The molecule has 2 aliphatic rings. The van der Waals surface area contributed by atoms with Crippen molar-refractivity contribution in [1.29, 1.82) is 0 Å². The SMILES string of the molecule is CC1CCN(S(=O)(=O)CC2CCCNC2)C1. The Morgan fingerprint density at radius 1 is 1.38 bits per heavy atom. The van der Waals surface area contributed by atoms with E-state index in [1.54, 1.807) is 4.31 Å². The predicted octanol–water partition coefficient (Wildman–Crippen LogP) is 0.658. The van der Waals surface area contributed by atoms with Crippen LogP contribution in [0.2, 0.25) is 0 Å². The Morgan fingerprint density at radius 3 is 2.75 bits per heavy atom. The Morgan fingerprint density at radius 2 is 2.19 bits per heavy atom. The summed E-state index contributed by atoms with van der Waals surface area (Å²) in [5, 5.41) is 3.27. The molecule has 0 amide bonds. The molecule has 0 aromatic carbocycles. The monoisotopic (exact) mass is 246 g/mol. The highest BCUT2D eigenvalue weighted by atomic mass is 32.2. The van der Waals surface area contributed by atoms with Gasteiger partial charge in [-0.25, -0.2) is 12.7 Å². The lowest BCUT2D eigenvalue weighted by molar-refractivity contribution is 0.391. The molecular weight excluding hydrogens is 224 g/mol. The average Bonchev–Trinajstić information content (AvgIpc) is 2.66. The Labute approximate surface area is 98.4 Å². The van der Waals surface area contributed by atoms with Crippen molar-refractivity contribution in [2.75, 3.05) is 31.9 Å². The number of hydrogen-bond donors (Lipinski definition) is 1. The average molecular weight is 246 g/mol. The molecule has 5 heteroatoms. The molecule has 16 heavy (non-hydrogen) atoms. The Hall–Kier alpha value is -0.130. The summed E-state index contributed by atoms with van der Waals surface area (Å²) in [7, 11) is -3.00. The van der Waals surface area contributed by atoms with Crippen LogP contribution in [-0.2, 0) is 10.0 Å². The Bertz CT molecular complexity index is 323. The summed E-state index contributed by atoms with van der Waals surface area (Å²) >= 11 is 0. The molecule has 2 saturated heterocycles. The summed E-state index contributed by atoms with van der Waals surface area (Å²) in [4.78, 5) is 0. The van der Waals surface area contributed by atoms with E-state index < -0.39 is 10.0 Å². The van der Waals surface area contributed by atoms with Gasteiger partial charge in [-0.3, -0.25) is 0 Å². The predicted molar refractivity (Wildman–Crippen MR) is 64.7 cm³/mol. The second-order valence-corrected chi connectivity index (χ2v) is 7.26. The van der Waals surface area contributed by atoms with Crippen LogP contribution in [0.1, 0.15) is 26.2 Å². The fourth-order valence-corrected chi connectivity index (χ4v) is 4.57. The molecular formula is C11H22N2O2S. The van der Waals surface area contributed by atoms with Gasteiger partial charge in [0.15, 0.2) is 0 Å². The largest absolute Gasteiger partial charge is 0.316 e. The van der Waals surface area contributed by atoms with E-state index in [4.69, 9.17) is 0 Å². The van der Waals surface area contributed by atoms with E-state index in [9.17, 15) is 8.42 Å². The van der Waals surface area contributed by atoms with Crippen LogP contribution >= 0.6 is 0 Å². The third-order valence-electron chi connectivity index (χ3n) is 3.63. The highest BCUT2D eigenvalue weighted by Crippen LogP contribution is 2.21. The number of sulfonamides is 1. The fraction of sp³-hybridized carbons (Fsp3) is 1.00. The van der Waals surface area contributed by atoms with Gasteiger partial charge in [0.1, 0.15) is 0 Å². The fourth-order valence-electron chi connectivity index (χ4n) is 2.62. The zero-order valence-electron chi connectivity index (χ0n) is 9.98. The molecule has 2 heterocycles. The van der Waals surface area contributed by atoms with Gasteiger partial charge in [-0.05, 0) is 44.2 Å². The Kier molecular flexibility index (Phi) is 3.87. The molecule has 0 radical (unpaired) electrons. The van der Waals surface area contributed by atoms with Crippen LogP contribution < -0.4 is 5.32 Å². The highest BCUT2D eigenvalue weighted by molar-refractivity contribution is 7.89. The van der Waals surface area contributed by atoms with E-state index in [-0.39, 0.29) is 0 Å². The van der Waals surface area contributed by atoms with Gasteiger partial charge < -0.3 is 5.32 Å². The van der Waals surface area contributed by atoms with Crippen LogP contribution in [0.25, 0.3) is 0 Å². The molecule has 0 aromatic rings. The Balaban J connectivity index is 1.91. The van der Waals surface area contributed by atoms with Crippen LogP contribution in [0.4, 0.5) is 0 Å². The molecule has 1 N–H and O–H groups in total. The zero-order valence-corrected chi connectivity index (χ0v) is 10.8. The topological polar surface area (TPSA) is 49.4 Å². The minimum Gasteiger partial charge on any atom is -0.316 e. The number of hydrogen-bond acceptors (Lipinski definition) is 3. The first-order chi connectivity index (χ1) is 7.58. The molecule has 2 fully saturated rings. The van der Waals surface area contributed by atoms with Gasteiger partial charge >= 0.3 is 0 Å². The number of nitrogens with one attached hydrogen (secondary N) is 1. The molecule has 0 bridgehead atoms. The van der Waals surface area contributed by atoms with Crippen molar-refractivity contribution in [3.8, 4) is 0 Å². The number of piperidine rings is 1. The molecule has 0 aliphatic carbocycles. The van der Waals surface area contributed by atoms with Crippen molar-refractivity contribution in [3.05, 3.63) is 0 Å². The summed E-state index contributed by atoms with van der Waals surface area (Å²) in [6.07, 6.45) is 3.17. The number of nitrogens with zero attached hydrogens (tertiary/aromatic N) is 1. The van der Waals surface area contributed by atoms with Crippen LogP contribution in [0, 0.1) is 11.8 Å². The van der Waals surface area contributed by atoms with E-state index >= 15 is 0 Å². The van der Waals surface area contributed by atoms with Crippen molar-refractivity contribution in [2.45, 2.75) is 26.2 Å². The lowest BCUT2D eigenvalue weighted by atomic mass is 10.0. The summed E-state index contributed by atoms with van der Waals surface area (Å²) in [6, 6.07) is 0. The van der Waals surface area contributed by atoms with E-state index in [0.717, 1.165) is 45.4 Å². The van der Waals surface area contributed by atoms with Crippen molar-refractivity contribution < 1.29 is 8.42 Å². The maximum atomic E-state index is 12.1. The summed E-state index contributed by atoms with van der Waals surface area (Å²) in [5.41, 5.74) is 0. The zero-order chi connectivity index (χ0) is 11.6. The van der Waals surface area contributed by atoms with Crippen molar-refractivity contribution in [2.24, 2.45) is 11.8 Å². The van der Waals surface area contributed by atoms with Gasteiger partial charge in [0.25, 0.3) is 0 Å². The molecule has 2 rings (SSSR count). The standard InChI is InChI=1S/C11H22N2O2S/c1-10-4-6-13(8-10)16(14,15)9-11-3-2-5-12-7-11/h10-12H,2-9H2,1H3. The van der Waals surface area contributed by atoms with Gasteiger partial charge in [-0.15, -0.1) is 0 Å². The quantitative estimate of drug-likeness (QED) is 0.796. The lowest BCUT2D eigenvalue weighted by Gasteiger charge is -2.25. The van der Waals surface area contributed by atoms with Gasteiger partial charge in [0.05, 0.1) is 5.75 Å². The normalized spacial score (nSPS) is 33.1. The van der Waals surface area contributed by atoms with Crippen molar-refractivity contribution >= 4 is 10.0 Å². The highest BCUT2D eigenvalue weighted by Gasteiger charge is 2.31. The smallest absolute Gasteiger partial charge is 0.214 e. The van der Waals surface area contributed by atoms with Crippen LogP contribution in [-0.4, -0.2) is 44.7 Å². The maximum Gasteiger partial charge on any atom is 0.214 e. The van der Waals surface area contributed by atoms with Gasteiger partial charge in [0.2, 0.25) is 10.0 Å². The van der Waals surface area contributed by atoms with Crippen molar-refractivity contribution in [3.63, 3.8) is 0 Å². The molecule has 2 atom stereocenters. The summed E-state index contributed by atoms with van der Waals surface area (Å²) in [5.74, 6) is 1.18.